The molecule has 0 radical (unpaired) electrons. The molecule has 9 heteroatoms. The fraction of sp³-hybridized carbons (Fsp3) is 0.353. The van der Waals surface area contributed by atoms with Crippen LogP contribution in [0.15, 0.2) is 30.3 Å². The molecule has 2 heterocycles. The van der Waals surface area contributed by atoms with E-state index in [1.165, 1.54) is 4.90 Å². The molecule has 0 aliphatic carbocycles. The lowest BCUT2D eigenvalue weighted by molar-refractivity contribution is -0.138. The largest absolute Gasteiger partial charge is 0.418 e. The zero-order chi connectivity index (χ0) is 18.7. The highest BCUT2D eigenvalue weighted by Gasteiger charge is 2.38. The molecule has 138 valence electrons. The lowest BCUT2D eigenvalue weighted by Gasteiger charge is -2.27. The maximum Gasteiger partial charge on any atom is 0.418 e. The van der Waals surface area contributed by atoms with E-state index in [1.807, 2.05) is 13.0 Å². The van der Waals surface area contributed by atoms with Crippen LogP contribution in [0.5, 0.6) is 0 Å². The number of nitrogens with one attached hydrogen (secondary N) is 1. The van der Waals surface area contributed by atoms with Crippen molar-refractivity contribution in [3.8, 4) is 0 Å². The Morgan fingerprint density at radius 3 is 2.58 bits per heavy atom. The summed E-state index contributed by atoms with van der Waals surface area (Å²) >= 11 is 0. The first-order valence-corrected chi connectivity index (χ1v) is 8.00. The number of anilines is 2. The predicted molar refractivity (Wildman–Crippen MR) is 88.2 cm³/mol. The fourth-order valence-electron chi connectivity index (χ4n) is 2.61. The van der Waals surface area contributed by atoms with Crippen LogP contribution in [0.1, 0.15) is 21.6 Å². The Labute approximate surface area is 148 Å². The highest BCUT2D eigenvalue weighted by molar-refractivity contribution is 5.94. The van der Waals surface area contributed by atoms with E-state index in [2.05, 4.69) is 15.5 Å². The zero-order valence-corrected chi connectivity index (χ0v) is 14.0. The van der Waals surface area contributed by atoms with Crippen molar-refractivity contribution in [1.82, 2.24) is 15.1 Å². The van der Waals surface area contributed by atoms with Crippen molar-refractivity contribution in [2.45, 2.75) is 13.1 Å². The van der Waals surface area contributed by atoms with Crippen LogP contribution in [-0.2, 0) is 10.9 Å². The van der Waals surface area contributed by atoms with Gasteiger partial charge in [-0.2, -0.15) is 13.2 Å². The number of morpholine rings is 1. The number of hydrogen-bond acceptors (Lipinski definition) is 5. The maximum atomic E-state index is 13.5. The minimum atomic E-state index is -4.73. The number of nitrogens with zero attached hydrogens (tertiary/aromatic N) is 3. The number of hydrogen-bond donors (Lipinski definition) is 1. The molecule has 1 aliphatic rings. The van der Waals surface area contributed by atoms with Gasteiger partial charge >= 0.3 is 6.18 Å². The summed E-state index contributed by atoms with van der Waals surface area (Å²) in [6, 6.07) is 7.91. The van der Waals surface area contributed by atoms with E-state index in [4.69, 9.17) is 4.74 Å². The minimum Gasteiger partial charge on any atom is -0.378 e. The summed E-state index contributed by atoms with van der Waals surface area (Å²) in [7, 11) is 0. The van der Waals surface area contributed by atoms with Gasteiger partial charge in [-0.3, -0.25) is 4.79 Å². The third-order valence-electron chi connectivity index (χ3n) is 3.89. The Bertz CT molecular complexity index is 805. The summed E-state index contributed by atoms with van der Waals surface area (Å²) in [5.41, 5.74) is -0.286. The Balaban J connectivity index is 1.92. The first-order chi connectivity index (χ1) is 12.3. The lowest BCUT2D eigenvalue weighted by Crippen LogP contribution is -2.41. The Morgan fingerprint density at radius 2 is 1.92 bits per heavy atom. The summed E-state index contributed by atoms with van der Waals surface area (Å²) in [4.78, 5) is 13.7. The molecule has 0 unspecified atom stereocenters. The molecule has 3 rings (SSSR count). The molecule has 1 aliphatic heterocycles. The number of alkyl halides is 3. The molecule has 1 aromatic carbocycles. The number of amides is 1. The van der Waals surface area contributed by atoms with Crippen LogP contribution in [0, 0.1) is 6.92 Å². The van der Waals surface area contributed by atoms with Crippen LogP contribution in [0.3, 0.4) is 0 Å². The average Bonchev–Trinajstić information content (AvgIpc) is 2.61. The number of carbonyl (C=O) groups excluding carboxylic acids is 1. The molecule has 0 spiro atoms. The van der Waals surface area contributed by atoms with Gasteiger partial charge in [0.1, 0.15) is 0 Å². The first-order valence-electron chi connectivity index (χ1n) is 8.00. The Morgan fingerprint density at radius 1 is 1.19 bits per heavy atom. The smallest absolute Gasteiger partial charge is 0.378 e. The van der Waals surface area contributed by atoms with Crippen molar-refractivity contribution in [3.63, 3.8) is 0 Å². The van der Waals surface area contributed by atoms with Crippen molar-refractivity contribution >= 4 is 17.4 Å². The zero-order valence-electron chi connectivity index (χ0n) is 14.0. The number of rotatable bonds is 3. The second-order valence-corrected chi connectivity index (χ2v) is 5.89. The van der Waals surface area contributed by atoms with Crippen LogP contribution < -0.4 is 5.32 Å². The van der Waals surface area contributed by atoms with Crippen LogP contribution in [0.4, 0.5) is 24.7 Å². The summed E-state index contributed by atoms with van der Waals surface area (Å²) in [6.07, 6.45) is -4.73. The first kappa shape index (κ1) is 18.1. The third kappa shape index (κ3) is 4.10. The molecule has 0 saturated carbocycles. The Hall–Kier alpha value is -2.68. The average molecular weight is 366 g/mol. The number of halogens is 3. The molecule has 1 saturated heterocycles. The van der Waals surface area contributed by atoms with Gasteiger partial charge < -0.3 is 15.0 Å². The van der Waals surface area contributed by atoms with E-state index in [1.54, 1.807) is 18.2 Å². The van der Waals surface area contributed by atoms with E-state index >= 15 is 0 Å². The summed E-state index contributed by atoms with van der Waals surface area (Å²) < 4.78 is 45.5. The van der Waals surface area contributed by atoms with Crippen molar-refractivity contribution in [2.24, 2.45) is 0 Å². The minimum absolute atomic E-state index is 0.0820. The topological polar surface area (TPSA) is 67.4 Å². The van der Waals surface area contributed by atoms with Gasteiger partial charge in [0.05, 0.1) is 18.8 Å². The van der Waals surface area contributed by atoms with Gasteiger partial charge in [-0.05, 0) is 30.7 Å². The highest BCUT2D eigenvalue weighted by Crippen LogP contribution is 2.33. The van der Waals surface area contributed by atoms with E-state index in [9.17, 15) is 18.0 Å². The quantitative estimate of drug-likeness (QED) is 0.905. The molecule has 1 amide bonds. The van der Waals surface area contributed by atoms with Gasteiger partial charge in [0.25, 0.3) is 5.91 Å². The van der Waals surface area contributed by atoms with Crippen molar-refractivity contribution in [2.75, 3.05) is 31.6 Å². The van der Waals surface area contributed by atoms with E-state index in [-0.39, 0.29) is 32.1 Å². The van der Waals surface area contributed by atoms with Crippen molar-refractivity contribution in [1.29, 1.82) is 0 Å². The van der Waals surface area contributed by atoms with Gasteiger partial charge in [0.2, 0.25) is 0 Å². The van der Waals surface area contributed by atoms with Crippen LogP contribution in [0.2, 0.25) is 0 Å². The lowest BCUT2D eigenvalue weighted by atomic mass is 10.1. The third-order valence-corrected chi connectivity index (χ3v) is 3.89. The van der Waals surface area contributed by atoms with Gasteiger partial charge in [0, 0.05) is 18.8 Å². The molecule has 1 fully saturated rings. The van der Waals surface area contributed by atoms with Gasteiger partial charge in [0.15, 0.2) is 11.5 Å². The number of carbonyl (C=O) groups is 1. The van der Waals surface area contributed by atoms with Crippen LogP contribution in [-0.4, -0.2) is 47.3 Å². The highest BCUT2D eigenvalue weighted by atomic mass is 19.4. The number of benzene rings is 1. The van der Waals surface area contributed by atoms with Crippen LogP contribution in [0.25, 0.3) is 0 Å². The Kier molecular flexibility index (Phi) is 5.08. The van der Waals surface area contributed by atoms with Crippen molar-refractivity contribution < 1.29 is 22.7 Å². The standard InChI is InChI=1S/C17H17F3N4O2/c1-11-3-2-4-12(9-11)21-14-10-13(17(18,19)20)15(23-22-14)16(25)24-5-7-26-8-6-24/h2-4,9-10H,5-8H2,1H3,(H,21,22). The molecule has 6 nitrogen and oxygen atoms in total. The summed E-state index contributed by atoms with van der Waals surface area (Å²) in [5, 5.41) is 10.1. The van der Waals surface area contributed by atoms with E-state index in [0.717, 1.165) is 11.6 Å². The fourth-order valence-corrected chi connectivity index (χ4v) is 2.61. The molecule has 0 bridgehead atoms. The van der Waals surface area contributed by atoms with Crippen molar-refractivity contribution in [3.05, 3.63) is 47.2 Å². The molecule has 0 atom stereocenters. The predicted octanol–water partition coefficient (Wildman–Crippen LogP) is 3.02. The number of aromatic nitrogens is 2. The second kappa shape index (κ2) is 7.28. The molecule has 26 heavy (non-hydrogen) atoms. The molecular weight excluding hydrogens is 349 g/mol. The molecule has 1 aromatic heterocycles. The molecule has 1 N–H and O–H groups in total. The number of ether oxygens (including phenoxy) is 1. The SMILES string of the molecule is Cc1cccc(Nc2cc(C(F)(F)F)c(C(=O)N3CCOCC3)nn2)c1. The van der Waals surface area contributed by atoms with Gasteiger partial charge in [-0.25, -0.2) is 0 Å². The monoisotopic (exact) mass is 366 g/mol. The number of aryl methyl sites for hydroxylation is 1. The van der Waals surface area contributed by atoms with Gasteiger partial charge in [-0.15, -0.1) is 10.2 Å². The molecular formula is C17H17F3N4O2. The van der Waals surface area contributed by atoms with E-state index < -0.39 is 23.3 Å². The second-order valence-electron chi connectivity index (χ2n) is 5.89. The molecule has 2 aromatic rings. The van der Waals surface area contributed by atoms with E-state index in [0.29, 0.717) is 5.69 Å². The van der Waals surface area contributed by atoms with Gasteiger partial charge in [-0.1, -0.05) is 12.1 Å². The van der Waals surface area contributed by atoms with Crippen LogP contribution >= 0.6 is 0 Å². The summed E-state index contributed by atoms with van der Waals surface area (Å²) in [5.74, 6) is -0.878. The normalized spacial score (nSPS) is 15.0. The summed E-state index contributed by atoms with van der Waals surface area (Å²) in [6.45, 7) is 2.88. The maximum absolute atomic E-state index is 13.5.